The van der Waals surface area contributed by atoms with Gasteiger partial charge in [-0.05, 0) is 67.9 Å². The number of carbonyl (C=O) groups is 3. The Morgan fingerprint density at radius 1 is 0.905 bits per heavy atom. The van der Waals surface area contributed by atoms with Crippen molar-refractivity contribution in [2.24, 2.45) is 11.8 Å². The molecule has 0 saturated heterocycles. The summed E-state index contributed by atoms with van der Waals surface area (Å²) in [7, 11) is 1.36. The molecule has 7 nitrogen and oxygen atoms in total. The monoisotopic (exact) mass is 568 g/mol. The highest BCUT2D eigenvalue weighted by atomic mass is 16.5. The molecule has 0 unspecified atom stereocenters. The Balaban J connectivity index is 1.16. The maximum absolute atomic E-state index is 13.2. The number of ether oxygens (including phenoxy) is 2. The minimum Gasteiger partial charge on any atom is -0.494 e. The third-order valence-corrected chi connectivity index (χ3v) is 8.17. The van der Waals surface area contributed by atoms with Crippen molar-refractivity contribution >= 4 is 23.3 Å². The van der Waals surface area contributed by atoms with E-state index in [1.807, 2.05) is 54.6 Å². The van der Waals surface area contributed by atoms with Crippen molar-refractivity contribution in [2.75, 3.05) is 32.1 Å². The van der Waals surface area contributed by atoms with Crippen LogP contribution in [-0.4, -0.2) is 55.4 Å². The highest BCUT2D eigenvalue weighted by molar-refractivity contribution is 6.12. The van der Waals surface area contributed by atoms with E-state index < -0.39 is 12.0 Å². The lowest BCUT2D eigenvalue weighted by Crippen LogP contribution is -2.41. The summed E-state index contributed by atoms with van der Waals surface area (Å²) in [6, 6.07) is 23.3. The van der Waals surface area contributed by atoms with Gasteiger partial charge in [-0.1, -0.05) is 61.0 Å². The second-order valence-corrected chi connectivity index (χ2v) is 11.4. The third-order valence-electron chi connectivity index (χ3n) is 8.17. The van der Waals surface area contributed by atoms with E-state index in [2.05, 4.69) is 10.2 Å². The molecule has 2 aliphatic rings. The van der Waals surface area contributed by atoms with Crippen LogP contribution in [0.15, 0.2) is 78.9 Å². The zero-order chi connectivity index (χ0) is 29.3. The molecular weight excluding hydrogens is 528 g/mol. The highest BCUT2D eigenvalue weighted by Crippen LogP contribution is 2.33. The number of para-hydroxylation sites is 1. The quantitative estimate of drug-likeness (QED) is 0.139. The molecule has 2 fully saturated rings. The Hall–Kier alpha value is -4.13. The number of hydrogen-bond donors (Lipinski definition) is 1. The molecule has 3 aromatic rings. The van der Waals surface area contributed by atoms with E-state index >= 15 is 0 Å². The number of carbonyl (C=O) groups excluding carboxylic acids is 3. The zero-order valence-electron chi connectivity index (χ0n) is 24.3. The summed E-state index contributed by atoms with van der Waals surface area (Å²) in [5.41, 5.74) is 2.58. The molecule has 0 aromatic heterocycles. The Morgan fingerprint density at radius 2 is 1.62 bits per heavy atom. The smallest absolute Gasteiger partial charge is 0.328 e. The molecule has 1 atom stereocenters. The molecule has 220 valence electrons. The number of hydrogen-bond acceptors (Lipinski definition) is 6. The largest absolute Gasteiger partial charge is 0.494 e. The Kier molecular flexibility index (Phi) is 9.90. The molecule has 1 amide bonds. The molecule has 0 radical (unpaired) electrons. The first-order valence-corrected chi connectivity index (χ1v) is 15.1. The van der Waals surface area contributed by atoms with Crippen LogP contribution >= 0.6 is 0 Å². The number of anilines is 1. The molecule has 0 spiro atoms. The summed E-state index contributed by atoms with van der Waals surface area (Å²) < 4.78 is 11.1. The van der Waals surface area contributed by atoms with Gasteiger partial charge in [0.1, 0.15) is 11.8 Å². The van der Waals surface area contributed by atoms with Crippen molar-refractivity contribution in [1.29, 1.82) is 0 Å². The van der Waals surface area contributed by atoms with E-state index in [1.54, 1.807) is 24.3 Å². The number of amides is 1. The Labute approximate surface area is 248 Å². The molecule has 5 rings (SSSR count). The van der Waals surface area contributed by atoms with Crippen LogP contribution in [-0.2, 0) is 20.7 Å². The van der Waals surface area contributed by atoms with Gasteiger partial charge in [-0.25, -0.2) is 4.79 Å². The van der Waals surface area contributed by atoms with Crippen LogP contribution in [0.4, 0.5) is 5.69 Å². The summed E-state index contributed by atoms with van der Waals surface area (Å²) in [5, 5.41) is 3.25. The van der Waals surface area contributed by atoms with Crippen LogP contribution in [0.3, 0.4) is 0 Å². The van der Waals surface area contributed by atoms with Gasteiger partial charge in [-0.3, -0.25) is 9.59 Å². The van der Waals surface area contributed by atoms with E-state index in [9.17, 15) is 14.4 Å². The average Bonchev–Trinajstić information content (AvgIpc) is 3.82. The van der Waals surface area contributed by atoms with Crippen molar-refractivity contribution in [2.45, 2.75) is 51.0 Å². The molecule has 42 heavy (non-hydrogen) atoms. The fraction of sp³-hybridized carbons (Fsp3) is 0.400. The summed E-state index contributed by atoms with van der Waals surface area (Å²) in [4.78, 5) is 40.8. The maximum Gasteiger partial charge on any atom is 0.328 e. The van der Waals surface area contributed by atoms with Gasteiger partial charge in [0.2, 0.25) is 5.91 Å². The van der Waals surface area contributed by atoms with Gasteiger partial charge < -0.3 is 19.7 Å². The number of methoxy groups -OCH3 is 1. The maximum atomic E-state index is 13.2. The fourth-order valence-corrected chi connectivity index (χ4v) is 5.30. The summed E-state index contributed by atoms with van der Waals surface area (Å²) in [6.07, 6.45) is 6.89. The average molecular weight is 569 g/mol. The van der Waals surface area contributed by atoms with Crippen LogP contribution in [0, 0.1) is 11.8 Å². The van der Waals surface area contributed by atoms with Crippen LogP contribution in [0.1, 0.15) is 60.0 Å². The van der Waals surface area contributed by atoms with Gasteiger partial charge in [-0.2, -0.15) is 0 Å². The van der Waals surface area contributed by atoms with Crippen LogP contribution < -0.4 is 10.1 Å². The fourth-order valence-electron chi connectivity index (χ4n) is 5.30. The van der Waals surface area contributed by atoms with Crippen molar-refractivity contribution < 1.29 is 23.9 Å². The van der Waals surface area contributed by atoms with Crippen LogP contribution in [0.25, 0.3) is 0 Å². The van der Waals surface area contributed by atoms with Gasteiger partial charge in [0, 0.05) is 42.2 Å². The number of nitrogens with zero attached hydrogens (tertiary/aromatic N) is 1. The molecule has 7 heteroatoms. The molecule has 1 N–H and O–H groups in total. The first-order chi connectivity index (χ1) is 20.5. The molecule has 0 aliphatic heterocycles. The van der Waals surface area contributed by atoms with E-state index in [0.29, 0.717) is 41.7 Å². The first kappa shape index (κ1) is 29.4. The van der Waals surface area contributed by atoms with Crippen molar-refractivity contribution in [3.8, 4) is 5.75 Å². The lowest BCUT2D eigenvalue weighted by Gasteiger charge is -2.32. The highest BCUT2D eigenvalue weighted by Gasteiger charge is 2.32. The predicted octanol–water partition coefficient (Wildman–Crippen LogP) is 5.92. The van der Waals surface area contributed by atoms with Crippen LogP contribution in [0.5, 0.6) is 5.75 Å². The SMILES string of the molecule is COC(=O)[C@H](Cc1ccc(OCCCN(CC2CC2)C(=O)C2CCC2)cc1)Nc1ccccc1C(=O)c1ccccc1. The third kappa shape index (κ3) is 7.78. The summed E-state index contributed by atoms with van der Waals surface area (Å²) in [5.74, 6) is 1.47. The molecule has 3 aromatic carbocycles. The minimum atomic E-state index is -0.683. The van der Waals surface area contributed by atoms with Crippen molar-refractivity contribution in [3.05, 3.63) is 95.6 Å². The van der Waals surface area contributed by atoms with Crippen molar-refractivity contribution in [3.63, 3.8) is 0 Å². The van der Waals surface area contributed by atoms with Gasteiger partial charge in [-0.15, -0.1) is 0 Å². The molecular formula is C35H40N2O5. The second kappa shape index (κ2) is 14.2. The number of rotatable bonds is 15. The summed E-state index contributed by atoms with van der Waals surface area (Å²) >= 11 is 0. The Bertz CT molecular complexity index is 1350. The number of nitrogens with one attached hydrogen (secondary N) is 1. The predicted molar refractivity (Wildman–Crippen MR) is 163 cm³/mol. The van der Waals surface area contributed by atoms with E-state index in [1.165, 1.54) is 26.4 Å². The first-order valence-electron chi connectivity index (χ1n) is 15.1. The van der Waals surface area contributed by atoms with Crippen LogP contribution in [0.2, 0.25) is 0 Å². The van der Waals surface area contributed by atoms with Gasteiger partial charge >= 0.3 is 5.97 Å². The normalized spacial score (nSPS) is 15.3. The number of ketones is 1. The van der Waals surface area contributed by atoms with E-state index in [0.717, 1.165) is 43.7 Å². The Morgan fingerprint density at radius 3 is 2.29 bits per heavy atom. The topological polar surface area (TPSA) is 84.9 Å². The number of esters is 1. The molecule has 2 saturated carbocycles. The van der Waals surface area contributed by atoms with Gasteiger partial charge in [0.15, 0.2) is 5.78 Å². The lowest BCUT2D eigenvalue weighted by atomic mass is 9.84. The standard InChI is InChI=1S/C35H40N2O5/c1-41-35(40)32(36-31-14-6-5-13-30(31)33(38)27-9-3-2-4-10-27)23-25-17-19-29(20-18-25)42-22-8-21-37(24-26-15-16-26)34(39)28-11-7-12-28/h2-6,9-10,13-14,17-20,26,28,32,36H,7-8,11-12,15-16,21-24H2,1H3/t32-/m0/s1. The van der Waals surface area contributed by atoms with Gasteiger partial charge in [0.05, 0.1) is 13.7 Å². The van der Waals surface area contributed by atoms with Gasteiger partial charge in [0.25, 0.3) is 0 Å². The second-order valence-electron chi connectivity index (χ2n) is 11.4. The molecule has 0 bridgehead atoms. The van der Waals surface area contributed by atoms with Crippen molar-refractivity contribution in [1.82, 2.24) is 4.90 Å². The zero-order valence-corrected chi connectivity index (χ0v) is 24.3. The lowest BCUT2D eigenvalue weighted by molar-refractivity contribution is -0.141. The molecule has 2 aliphatic carbocycles. The summed E-state index contributed by atoms with van der Waals surface area (Å²) in [6.45, 7) is 2.17. The van der Waals surface area contributed by atoms with E-state index in [-0.39, 0.29) is 11.7 Å². The van der Waals surface area contributed by atoms with E-state index in [4.69, 9.17) is 9.47 Å². The number of benzene rings is 3. The molecule has 0 heterocycles. The minimum absolute atomic E-state index is 0.119.